The van der Waals surface area contributed by atoms with Crippen molar-refractivity contribution in [3.8, 4) is 11.1 Å². The Labute approximate surface area is 170 Å². The van der Waals surface area contributed by atoms with Crippen molar-refractivity contribution in [1.29, 1.82) is 0 Å². The molecular formula is C23H26N4O2. The lowest BCUT2D eigenvalue weighted by molar-refractivity contribution is -0.116. The van der Waals surface area contributed by atoms with E-state index in [0.717, 1.165) is 34.1 Å². The first-order valence-corrected chi connectivity index (χ1v) is 10.2. The average Bonchev–Trinajstić information content (AvgIpc) is 3.36. The molecule has 2 aromatic carbocycles. The second-order valence-corrected chi connectivity index (χ2v) is 7.83. The van der Waals surface area contributed by atoms with Gasteiger partial charge in [-0.15, -0.1) is 0 Å². The first kappa shape index (κ1) is 19.2. The number of rotatable bonds is 6. The highest BCUT2D eigenvalue weighted by Gasteiger charge is 2.17. The largest absolute Gasteiger partial charge is 0.326 e. The maximum Gasteiger partial charge on any atom is 0.225 e. The Morgan fingerprint density at radius 1 is 1.07 bits per heavy atom. The molecule has 0 spiro atoms. The minimum absolute atomic E-state index is 0.0254. The van der Waals surface area contributed by atoms with Crippen LogP contribution in [-0.2, 0) is 9.59 Å². The zero-order chi connectivity index (χ0) is 20.2. The minimum atomic E-state index is -0.0977. The van der Waals surface area contributed by atoms with Crippen molar-refractivity contribution in [1.82, 2.24) is 10.2 Å². The zero-order valence-electron chi connectivity index (χ0n) is 16.6. The lowest BCUT2D eigenvalue weighted by Crippen LogP contribution is -2.13. The Morgan fingerprint density at radius 2 is 1.86 bits per heavy atom. The lowest BCUT2D eigenvalue weighted by atomic mass is 10.0. The van der Waals surface area contributed by atoms with Crippen molar-refractivity contribution in [3.05, 3.63) is 42.5 Å². The van der Waals surface area contributed by atoms with Crippen molar-refractivity contribution in [2.45, 2.75) is 45.4 Å². The average molecular weight is 390 g/mol. The number of amides is 2. The molecule has 4 rings (SSSR count). The number of hydrogen-bond acceptors (Lipinski definition) is 3. The molecular weight excluding hydrogens is 364 g/mol. The van der Waals surface area contributed by atoms with Gasteiger partial charge in [-0.3, -0.25) is 14.7 Å². The fraction of sp³-hybridized carbons (Fsp3) is 0.348. The van der Waals surface area contributed by atoms with Crippen LogP contribution in [-0.4, -0.2) is 22.0 Å². The van der Waals surface area contributed by atoms with Gasteiger partial charge in [0, 0.05) is 24.4 Å². The number of nitrogens with zero attached hydrogens (tertiary/aromatic N) is 1. The topological polar surface area (TPSA) is 86.9 Å². The van der Waals surface area contributed by atoms with Crippen LogP contribution in [0.4, 0.5) is 11.5 Å². The van der Waals surface area contributed by atoms with E-state index in [-0.39, 0.29) is 11.8 Å². The molecule has 0 radical (unpaired) electrons. The number of benzene rings is 2. The molecule has 0 atom stereocenters. The quantitative estimate of drug-likeness (QED) is 0.547. The van der Waals surface area contributed by atoms with Crippen molar-refractivity contribution < 1.29 is 9.59 Å². The van der Waals surface area contributed by atoms with Crippen molar-refractivity contribution in [3.63, 3.8) is 0 Å². The summed E-state index contributed by atoms with van der Waals surface area (Å²) in [6.07, 6.45) is 6.61. The van der Waals surface area contributed by atoms with E-state index in [1.165, 1.54) is 32.6 Å². The van der Waals surface area contributed by atoms with E-state index in [0.29, 0.717) is 18.2 Å². The van der Waals surface area contributed by atoms with Gasteiger partial charge in [0.05, 0.1) is 5.52 Å². The molecule has 3 aromatic rings. The van der Waals surface area contributed by atoms with E-state index in [9.17, 15) is 9.59 Å². The predicted molar refractivity (Wildman–Crippen MR) is 116 cm³/mol. The van der Waals surface area contributed by atoms with Crippen LogP contribution in [0.2, 0.25) is 0 Å². The summed E-state index contributed by atoms with van der Waals surface area (Å²) in [6, 6.07) is 13.7. The van der Waals surface area contributed by atoms with Crippen molar-refractivity contribution in [2.24, 2.45) is 5.92 Å². The Kier molecular flexibility index (Phi) is 5.60. The number of anilines is 2. The number of nitrogens with one attached hydrogen (secondary N) is 3. The van der Waals surface area contributed by atoms with Gasteiger partial charge in [0.2, 0.25) is 11.8 Å². The zero-order valence-corrected chi connectivity index (χ0v) is 16.6. The summed E-state index contributed by atoms with van der Waals surface area (Å²) in [6.45, 7) is 1.49. The number of aromatic nitrogens is 2. The summed E-state index contributed by atoms with van der Waals surface area (Å²) in [5, 5.41) is 13.9. The molecule has 150 valence electrons. The molecule has 1 aliphatic rings. The van der Waals surface area contributed by atoms with E-state index in [2.05, 4.69) is 20.8 Å². The van der Waals surface area contributed by atoms with Gasteiger partial charge in [-0.1, -0.05) is 43.9 Å². The summed E-state index contributed by atoms with van der Waals surface area (Å²) in [5.41, 5.74) is 3.62. The Hall–Kier alpha value is -3.15. The standard InChI is InChI=1S/C23H26N4O2/c1-15(28)24-19-8-4-7-17(13-19)18-10-11-20-21(14-18)26-27-23(20)25-22(29)12-9-16-5-2-3-6-16/h4,7-8,10-11,13-14,16H,2-3,5-6,9,12H2,1H3,(H,24,28)(H2,25,26,27,29). The van der Waals surface area contributed by atoms with E-state index in [1.54, 1.807) is 0 Å². The number of carbonyl (C=O) groups excluding carboxylic acids is 2. The summed E-state index contributed by atoms with van der Waals surface area (Å²) < 4.78 is 0. The molecule has 0 bridgehead atoms. The van der Waals surface area contributed by atoms with Crippen LogP contribution in [0.25, 0.3) is 22.0 Å². The molecule has 0 saturated heterocycles. The molecule has 6 heteroatoms. The summed E-state index contributed by atoms with van der Waals surface area (Å²) in [4.78, 5) is 23.6. The van der Waals surface area contributed by atoms with Gasteiger partial charge >= 0.3 is 0 Å². The highest BCUT2D eigenvalue weighted by molar-refractivity contribution is 6.00. The molecule has 1 saturated carbocycles. The SMILES string of the molecule is CC(=O)Nc1cccc(-c2ccc3c(NC(=O)CCC4CCCC4)n[nH]c3c2)c1. The minimum Gasteiger partial charge on any atom is -0.326 e. The molecule has 29 heavy (non-hydrogen) atoms. The second kappa shape index (κ2) is 8.47. The van der Waals surface area contributed by atoms with Crippen LogP contribution in [0, 0.1) is 5.92 Å². The van der Waals surface area contributed by atoms with Gasteiger partial charge in [0.1, 0.15) is 0 Å². The van der Waals surface area contributed by atoms with E-state index in [4.69, 9.17) is 0 Å². The number of fused-ring (bicyclic) bond motifs is 1. The third-order valence-electron chi connectivity index (χ3n) is 5.59. The Morgan fingerprint density at radius 3 is 2.66 bits per heavy atom. The maximum atomic E-state index is 12.3. The predicted octanol–water partition coefficient (Wildman–Crippen LogP) is 5.10. The summed E-state index contributed by atoms with van der Waals surface area (Å²) >= 11 is 0. The molecule has 6 nitrogen and oxygen atoms in total. The fourth-order valence-corrected chi connectivity index (χ4v) is 4.10. The molecule has 2 amide bonds. The van der Waals surface area contributed by atoms with Crippen LogP contribution >= 0.6 is 0 Å². The van der Waals surface area contributed by atoms with Crippen LogP contribution < -0.4 is 10.6 Å². The summed E-state index contributed by atoms with van der Waals surface area (Å²) in [7, 11) is 0. The molecule has 3 N–H and O–H groups in total. The molecule has 1 heterocycles. The summed E-state index contributed by atoms with van der Waals surface area (Å²) in [5.74, 6) is 1.21. The van der Waals surface area contributed by atoms with E-state index >= 15 is 0 Å². The maximum absolute atomic E-state index is 12.3. The van der Waals surface area contributed by atoms with Crippen molar-refractivity contribution in [2.75, 3.05) is 10.6 Å². The second-order valence-electron chi connectivity index (χ2n) is 7.83. The number of H-pyrrole nitrogens is 1. The molecule has 0 aliphatic heterocycles. The lowest BCUT2D eigenvalue weighted by Gasteiger charge is -2.08. The van der Waals surface area contributed by atoms with Crippen LogP contribution in [0.3, 0.4) is 0 Å². The monoisotopic (exact) mass is 390 g/mol. The number of hydrogen-bond donors (Lipinski definition) is 3. The fourth-order valence-electron chi connectivity index (χ4n) is 4.10. The first-order valence-electron chi connectivity index (χ1n) is 10.2. The highest BCUT2D eigenvalue weighted by atomic mass is 16.2. The molecule has 1 aromatic heterocycles. The van der Waals surface area contributed by atoms with Crippen LogP contribution in [0.15, 0.2) is 42.5 Å². The Bertz CT molecular complexity index is 1030. The van der Waals surface area contributed by atoms with Gasteiger partial charge in [0.15, 0.2) is 5.82 Å². The molecule has 1 aliphatic carbocycles. The van der Waals surface area contributed by atoms with E-state index in [1.807, 2.05) is 42.5 Å². The smallest absolute Gasteiger partial charge is 0.225 e. The van der Waals surface area contributed by atoms with Gasteiger partial charge in [-0.2, -0.15) is 5.10 Å². The van der Waals surface area contributed by atoms with Gasteiger partial charge in [0.25, 0.3) is 0 Å². The van der Waals surface area contributed by atoms with Gasteiger partial charge < -0.3 is 10.6 Å². The van der Waals surface area contributed by atoms with Crippen LogP contribution in [0.1, 0.15) is 45.4 Å². The Balaban J connectivity index is 1.47. The van der Waals surface area contributed by atoms with Crippen molar-refractivity contribution >= 4 is 34.2 Å². The third-order valence-corrected chi connectivity index (χ3v) is 5.59. The first-order chi connectivity index (χ1) is 14.1. The molecule has 1 fully saturated rings. The van der Waals surface area contributed by atoms with Crippen LogP contribution in [0.5, 0.6) is 0 Å². The third kappa shape index (κ3) is 4.65. The number of aromatic amines is 1. The van der Waals surface area contributed by atoms with Gasteiger partial charge in [-0.25, -0.2) is 0 Å². The van der Waals surface area contributed by atoms with E-state index < -0.39 is 0 Å². The highest BCUT2D eigenvalue weighted by Crippen LogP contribution is 2.30. The number of carbonyl (C=O) groups is 2. The molecule has 0 unspecified atom stereocenters. The normalized spacial score (nSPS) is 14.2. The van der Waals surface area contributed by atoms with Gasteiger partial charge in [-0.05, 0) is 47.7 Å².